The molecule has 0 spiro atoms. The van der Waals surface area contributed by atoms with Crippen molar-refractivity contribution in [3.8, 4) is 5.88 Å². The molecule has 1 aliphatic rings. The highest BCUT2D eigenvalue weighted by Crippen LogP contribution is 2.28. The first kappa shape index (κ1) is 13.1. The van der Waals surface area contributed by atoms with Crippen molar-refractivity contribution in [2.75, 3.05) is 13.7 Å². The number of alkyl halides is 1. The zero-order valence-electron chi connectivity index (χ0n) is 11.0. The average Bonchev–Trinajstić information content (AvgIpc) is 2.86. The molecule has 1 N–H and O–H groups in total. The minimum atomic E-state index is 0.0744. The van der Waals surface area contributed by atoms with Gasteiger partial charge in [0, 0.05) is 13.0 Å². The fourth-order valence-corrected chi connectivity index (χ4v) is 2.69. The molecule has 7 nitrogen and oxygen atoms in total. The molecule has 1 aliphatic heterocycles. The Balaban J connectivity index is 2.11. The van der Waals surface area contributed by atoms with Crippen LogP contribution in [0.25, 0.3) is 11.2 Å². The lowest BCUT2D eigenvalue weighted by atomic mass is 10.1. The number of imidazole rings is 1. The van der Waals surface area contributed by atoms with Crippen LogP contribution in [0.15, 0.2) is 6.33 Å². The maximum absolute atomic E-state index is 11.3. The first-order chi connectivity index (χ1) is 9.74. The van der Waals surface area contributed by atoms with Gasteiger partial charge in [0.2, 0.25) is 11.8 Å². The molecule has 1 fully saturated rings. The summed E-state index contributed by atoms with van der Waals surface area (Å²) in [5, 5.41) is 2.86. The van der Waals surface area contributed by atoms with Gasteiger partial charge in [-0.3, -0.25) is 4.79 Å². The molecule has 1 saturated heterocycles. The smallest absolute Gasteiger partial charge is 0.245 e. The second kappa shape index (κ2) is 5.24. The second-order valence-electron chi connectivity index (χ2n) is 4.58. The van der Waals surface area contributed by atoms with Crippen molar-refractivity contribution in [2.24, 2.45) is 0 Å². The summed E-state index contributed by atoms with van der Waals surface area (Å²) in [4.78, 5) is 24.1. The highest BCUT2D eigenvalue weighted by molar-refractivity contribution is 6.16. The highest BCUT2D eigenvalue weighted by Gasteiger charge is 2.25. The first-order valence-electron chi connectivity index (χ1n) is 6.33. The topological polar surface area (TPSA) is 81.9 Å². The van der Waals surface area contributed by atoms with E-state index in [1.165, 1.54) is 6.33 Å². The summed E-state index contributed by atoms with van der Waals surface area (Å²) >= 11 is 5.99. The molecule has 1 unspecified atom stereocenters. The largest absolute Gasteiger partial charge is 0.479 e. The Kier molecular flexibility index (Phi) is 3.43. The Labute approximate surface area is 120 Å². The van der Waals surface area contributed by atoms with Crippen molar-refractivity contribution >= 4 is 28.7 Å². The van der Waals surface area contributed by atoms with E-state index in [9.17, 15) is 4.79 Å². The molecule has 0 radical (unpaired) electrons. The third-order valence-corrected chi connectivity index (χ3v) is 3.67. The molecule has 20 heavy (non-hydrogen) atoms. The van der Waals surface area contributed by atoms with Crippen LogP contribution in [0.1, 0.15) is 24.7 Å². The van der Waals surface area contributed by atoms with Crippen LogP contribution < -0.4 is 10.1 Å². The van der Waals surface area contributed by atoms with Gasteiger partial charge in [-0.2, -0.15) is 4.98 Å². The minimum Gasteiger partial charge on any atom is -0.479 e. The number of rotatable bonds is 3. The van der Waals surface area contributed by atoms with Crippen molar-refractivity contribution in [1.82, 2.24) is 24.8 Å². The molecule has 0 saturated carbocycles. The Morgan fingerprint density at radius 2 is 2.40 bits per heavy atom. The molecular formula is C12H14ClN5O2. The summed E-state index contributed by atoms with van der Waals surface area (Å²) < 4.78 is 7.18. The van der Waals surface area contributed by atoms with E-state index in [1.54, 1.807) is 7.11 Å². The summed E-state index contributed by atoms with van der Waals surface area (Å²) in [5.41, 5.74) is 1.29. The first-order valence-corrected chi connectivity index (χ1v) is 6.86. The third-order valence-electron chi connectivity index (χ3n) is 3.43. The summed E-state index contributed by atoms with van der Waals surface area (Å²) in [6.45, 7) is 0.556. The van der Waals surface area contributed by atoms with Crippen molar-refractivity contribution in [2.45, 2.75) is 24.8 Å². The van der Waals surface area contributed by atoms with Gasteiger partial charge in [0.05, 0.1) is 19.0 Å². The standard InChI is InChI=1S/C12H14ClN5O2/c1-20-12-10-11(15-6-16-12)18(8(4-13)17-10)7-2-3-9(19)14-5-7/h6-7H,2-5H2,1H3,(H,14,19). The molecular weight excluding hydrogens is 282 g/mol. The predicted octanol–water partition coefficient (Wildman–Crippen LogP) is 1.02. The van der Waals surface area contributed by atoms with E-state index in [-0.39, 0.29) is 17.8 Å². The maximum atomic E-state index is 11.3. The van der Waals surface area contributed by atoms with Crippen LogP contribution in [0.5, 0.6) is 5.88 Å². The van der Waals surface area contributed by atoms with Gasteiger partial charge in [-0.1, -0.05) is 0 Å². The van der Waals surface area contributed by atoms with Crippen LogP contribution in [-0.4, -0.2) is 39.1 Å². The highest BCUT2D eigenvalue weighted by atomic mass is 35.5. The number of methoxy groups -OCH3 is 1. The normalized spacial score (nSPS) is 19.1. The molecule has 8 heteroatoms. The number of aromatic nitrogens is 4. The lowest BCUT2D eigenvalue weighted by Crippen LogP contribution is -2.36. The van der Waals surface area contributed by atoms with Crippen LogP contribution in [0.4, 0.5) is 0 Å². The van der Waals surface area contributed by atoms with E-state index >= 15 is 0 Å². The van der Waals surface area contributed by atoms with Crippen molar-refractivity contribution < 1.29 is 9.53 Å². The Bertz CT molecular complexity index is 647. The van der Waals surface area contributed by atoms with E-state index < -0.39 is 0 Å². The van der Waals surface area contributed by atoms with E-state index in [4.69, 9.17) is 16.3 Å². The fraction of sp³-hybridized carbons (Fsp3) is 0.500. The number of fused-ring (bicyclic) bond motifs is 1. The second-order valence-corrected chi connectivity index (χ2v) is 4.85. The zero-order valence-corrected chi connectivity index (χ0v) is 11.7. The quantitative estimate of drug-likeness (QED) is 0.855. The predicted molar refractivity (Wildman–Crippen MR) is 72.7 cm³/mol. The lowest BCUT2D eigenvalue weighted by Gasteiger charge is -2.25. The Hall–Kier alpha value is -1.89. The van der Waals surface area contributed by atoms with E-state index in [1.807, 2.05) is 4.57 Å². The fourth-order valence-electron chi connectivity index (χ4n) is 2.50. The number of carbonyl (C=O) groups excluding carboxylic acids is 1. The molecule has 0 aliphatic carbocycles. The number of hydrogen-bond donors (Lipinski definition) is 1. The number of carbonyl (C=O) groups is 1. The van der Waals surface area contributed by atoms with Gasteiger partial charge >= 0.3 is 0 Å². The molecule has 1 atom stereocenters. The summed E-state index contributed by atoms with van der Waals surface area (Å²) in [6, 6.07) is 0.103. The Morgan fingerprint density at radius 1 is 1.55 bits per heavy atom. The number of piperidine rings is 1. The summed E-state index contributed by atoms with van der Waals surface area (Å²) in [7, 11) is 1.54. The van der Waals surface area contributed by atoms with Gasteiger partial charge in [0.15, 0.2) is 11.2 Å². The molecule has 1 amide bonds. The number of nitrogens with one attached hydrogen (secondary N) is 1. The van der Waals surface area contributed by atoms with E-state index in [0.29, 0.717) is 35.8 Å². The number of halogens is 1. The van der Waals surface area contributed by atoms with Crippen molar-refractivity contribution in [3.63, 3.8) is 0 Å². The minimum absolute atomic E-state index is 0.0744. The number of ether oxygens (including phenoxy) is 1. The van der Waals surface area contributed by atoms with E-state index in [2.05, 4.69) is 20.3 Å². The van der Waals surface area contributed by atoms with Crippen molar-refractivity contribution in [1.29, 1.82) is 0 Å². The van der Waals surface area contributed by atoms with Gasteiger partial charge in [-0.25, -0.2) is 9.97 Å². The third kappa shape index (κ3) is 2.07. The van der Waals surface area contributed by atoms with Gasteiger partial charge < -0.3 is 14.6 Å². The maximum Gasteiger partial charge on any atom is 0.245 e. The van der Waals surface area contributed by atoms with Gasteiger partial charge in [-0.15, -0.1) is 11.6 Å². The number of hydrogen-bond acceptors (Lipinski definition) is 5. The average molecular weight is 296 g/mol. The van der Waals surface area contributed by atoms with Crippen LogP contribution in [0.2, 0.25) is 0 Å². The van der Waals surface area contributed by atoms with Crippen LogP contribution in [0.3, 0.4) is 0 Å². The molecule has 3 rings (SSSR count). The van der Waals surface area contributed by atoms with Gasteiger partial charge in [0.1, 0.15) is 12.2 Å². The molecule has 106 valence electrons. The monoisotopic (exact) mass is 295 g/mol. The molecule has 2 aromatic heterocycles. The Morgan fingerprint density at radius 3 is 3.05 bits per heavy atom. The van der Waals surface area contributed by atoms with Gasteiger partial charge in [-0.05, 0) is 6.42 Å². The summed E-state index contributed by atoms with van der Waals surface area (Å²) in [6.07, 6.45) is 2.68. The summed E-state index contributed by atoms with van der Waals surface area (Å²) in [5.74, 6) is 1.48. The van der Waals surface area contributed by atoms with Crippen LogP contribution in [0, 0.1) is 0 Å². The molecule has 0 aromatic carbocycles. The van der Waals surface area contributed by atoms with Crippen LogP contribution in [-0.2, 0) is 10.7 Å². The number of nitrogens with zero attached hydrogens (tertiary/aromatic N) is 4. The zero-order chi connectivity index (χ0) is 14.1. The van der Waals surface area contributed by atoms with Crippen molar-refractivity contribution in [3.05, 3.63) is 12.2 Å². The van der Waals surface area contributed by atoms with Gasteiger partial charge in [0.25, 0.3) is 0 Å². The molecule has 2 aromatic rings. The van der Waals surface area contributed by atoms with Crippen LogP contribution >= 0.6 is 11.6 Å². The molecule has 3 heterocycles. The molecule has 0 bridgehead atoms. The van der Waals surface area contributed by atoms with E-state index in [0.717, 1.165) is 6.42 Å². The number of amides is 1. The lowest BCUT2D eigenvalue weighted by molar-refractivity contribution is -0.122. The SMILES string of the molecule is COc1ncnc2c1nc(CCl)n2C1CCC(=O)NC1.